The molecule has 0 heterocycles. The van der Waals surface area contributed by atoms with E-state index >= 15 is 0 Å². The molecule has 0 bridgehead atoms. The first-order valence-corrected chi connectivity index (χ1v) is 16.4. The smallest absolute Gasteiger partial charge is 1.00 e. The molecule has 244 valence electrons. The topological polar surface area (TPSA) is 217 Å². The summed E-state index contributed by atoms with van der Waals surface area (Å²) in [5.41, 5.74) is 1.50. The van der Waals surface area contributed by atoms with Crippen LogP contribution in [0.15, 0.2) is 121 Å². The number of nitrogens with one attached hydrogen (secondary N) is 1. The Balaban J connectivity index is 0.00000325. The molecule has 0 aliphatic heterocycles. The van der Waals surface area contributed by atoms with Gasteiger partial charge < -0.3 is 18.0 Å². The third kappa shape index (κ3) is 9.58. The Morgan fingerprint density at radius 1 is 0.776 bits per heavy atom. The molecule has 0 spiro atoms. The van der Waals surface area contributed by atoms with Gasteiger partial charge in [-0.15, -0.1) is 10.2 Å². The predicted molar refractivity (Wildman–Crippen MR) is 174 cm³/mol. The Kier molecular flexibility index (Phi) is 13.4. The number of fused-ring (bicyclic) bond motifs is 1. The van der Waals surface area contributed by atoms with E-state index in [0.29, 0.717) is 28.2 Å². The van der Waals surface area contributed by atoms with E-state index in [1.54, 1.807) is 37.3 Å². The van der Waals surface area contributed by atoms with Crippen LogP contribution >= 0.6 is 0 Å². The molecule has 4 N–H and O–H groups in total. The molecule has 5 aromatic carbocycles. The van der Waals surface area contributed by atoms with E-state index < -0.39 is 42.5 Å². The summed E-state index contributed by atoms with van der Waals surface area (Å²) < 4.78 is 71.8. The molecule has 0 aliphatic rings. The van der Waals surface area contributed by atoms with Crippen molar-refractivity contribution >= 4 is 65.4 Å². The minimum absolute atomic E-state index is 0. The number of amides is 1. The van der Waals surface area contributed by atoms with Crippen LogP contribution in [-0.2, 0) is 20.2 Å². The second-order valence-electron chi connectivity index (χ2n) is 9.98. The summed E-state index contributed by atoms with van der Waals surface area (Å²) >= 11 is 0. The Hall–Kier alpha value is -3.55. The van der Waals surface area contributed by atoms with Gasteiger partial charge in [0.2, 0.25) is 0 Å². The van der Waals surface area contributed by atoms with Crippen LogP contribution in [0.5, 0.6) is 11.5 Å². The van der Waals surface area contributed by atoms with Crippen LogP contribution in [0.1, 0.15) is 18.8 Å². The number of benzene rings is 5. The van der Waals surface area contributed by atoms with E-state index in [2.05, 4.69) is 25.8 Å². The summed E-state index contributed by atoms with van der Waals surface area (Å²) in [6, 6.07) is 22.0. The number of phenolic OH excluding ortho intramolecular Hbond substituents is 1. The number of carbonyl (C=O) groups excluding carboxylic acids is 1. The zero-order chi connectivity index (χ0) is 33.9. The first-order valence-electron chi connectivity index (χ1n) is 13.5. The summed E-state index contributed by atoms with van der Waals surface area (Å²) in [6.07, 6.45) is 0. The van der Waals surface area contributed by atoms with Crippen LogP contribution in [0.4, 0.5) is 28.4 Å². The van der Waals surface area contributed by atoms with E-state index in [1.165, 1.54) is 61.7 Å². The molecule has 49 heavy (non-hydrogen) atoms. The zero-order valence-corrected chi connectivity index (χ0v) is 32.2. The van der Waals surface area contributed by atoms with Gasteiger partial charge in [-0.3, -0.25) is 13.9 Å². The third-order valence-electron chi connectivity index (χ3n) is 6.79. The molecule has 5 aromatic rings. The van der Waals surface area contributed by atoms with E-state index in [-0.39, 0.29) is 89.1 Å². The summed E-state index contributed by atoms with van der Waals surface area (Å²) in [7, 11) is -7.92. The number of nitrogens with zero attached hydrogens (tertiary/aromatic N) is 4. The van der Waals surface area contributed by atoms with Crippen molar-refractivity contribution in [2.75, 3.05) is 12.4 Å². The number of ether oxygens (including phenoxy) is 1. The average Bonchev–Trinajstić information content (AvgIpc) is 3.03. The number of hydrogen-bond donors (Lipinski definition) is 4. The van der Waals surface area contributed by atoms with Gasteiger partial charge in [0.15, 0.2) is 5.75 Å². The van der Waals surface area contributed by atoms with Crippen LogP contribution in [0.25, 0.3) is 10.8 Å². The van der Waals surface area contributed by atoms with Gasteiger partial charge >= 0.3 is 59.1 Å². The van der Waals surface area contributed by atoms with Crippen molar-refractivity contribution in [1.29, 1.82) is 0 Å². The maximum atomic E-state index is 12.6. The summed E-state index contributed by atoms with van der Waals surface area (Å²) in [6.45, 7) is 1.68. The quantitative estimate of drug-likeness (QED) is 0.0987. The van der Waals surface area contributed by atoms with Crippen molar-refractivity contribution in [2.45, 2.75) is 16.7 Å². The molecule has 14 nitrogen and oxygen atoms in total. The molecule has 0 saturated heterocycles. The van der Waals surface area contributed by atoms with E-state index in [1.807, 2.05) is 0 Å². The van der Waals surface area contributed by atoms with Gasteiger partial charge in [0.1, 0.15) is 22.0 Å². The summed E-state index contributed by atoms with van der Waals surface area (Å²) in [5, 5.41) is 30.4. The van der Waals surface area contributed by atoms with Crippen LogP contribution < -0.4 is 69.2 Å². The number of azo groups is 2. The van der Waals surface area contributed by atoms with Crippen LogP contribution in [0, 0.1) is 6.92 Å². The normalized spacial score (nSPS) is 11.7. The van der Waals surface area contributed by atoms with E-state index in [4.69, 9.17) is 9.29 Å². The van der Waals surface area contributed by atoms with Gasteiger partial charge in [-0.05, 0) is 84.6 Å². The molecular formula is C31H27N5Na2O9S2. The number of rotatable bonds is 9. The fraction of sp³-hybridized carbons (Fsp3) is 0.0645. The minimum atomic E-state index is -4.91. The predicted octanol–water partition coefficient (Wildman–Crippen LogP) is 1.67. The minimum Gasteiger partial charge on any atom is -1.00 e. The fourth-order valence-corrected chi connectivity index (χ4v) is 5.56. The maximum Gasteiger partial charge on any atom is 1.00 e. The van der Waals surface area contributed by atoms with Crippen molar-refractivity contribution in [1.82, 2.24) is 0 Å². The molecule has 0 unspecified atom stereocenters. The first kappa shape index (κ1) is 39.9. The average molecular weight is 724 g/mol. The van der Waals surface area contributed by atoms with Gasteiger partial charge in [0, 0.05) is 22.7 Å². The Labute approximate surface area is 328 Å². The number of methoxy groups -OCH3 is 1. The van der Waals surface area contributed by atoms with Gasteiger partial charge in [0.25, 0.3) is 26.1 Å². The fourth-order valence-electron chi connectivity index (χ4n) is 4.43. The monoisotopic (exact) mass is 723 g/mol. The van der Waals surface area contributed by atoms with Crippen molar-refractivity contribution in [3.05, 3.63) is 102 Å². The molecule has 0 atom stereocenters. The maximum absolute atomic E-state index is 12.6. The van der Waals surface area contributed by atoms with E-state index in [0.717, 1.165) is 6.07 Å². The zero-order valence-electron chi connectivity index (χ0n) is 28.6. The van der Waals surface area contributed by atoms with Crippen molar-refractivity contribution < 1.29 is 103 Å². The Morgan fingerprint density at radius 3 is 2.04 bits per heavy atom. The molecule has 5 rings (SSSR count). The van der Waals surface area contributed by atoms with Gasteiger partial charge in [-0.2, -0.15) is 27.1 Å². The SMILES string of the molecule is COc1cc(N=Nc2ccc(S(=O)(=O)O)cc2)c(C)cc1N=Nc1c(S(=O)(=O)O)cc2cc(NC(=O)c3ccccc3)ccc2c1O.[H-].[H-].[Na+].[Na+]. The largest absolute Gasteiger partial charge is 1.00 e. The number of phenols is 1. The number of anilines is 1. The second kappa shape index (κ2) is 16.4. The number of aryl methyl sites for hydroxylation is 1. The molecule has 1 amide bonds. The number of aromatic hydroxyl groups is 1. The second-order valence-corrected chi connectivity index (χ2v) is 12.8. The van der Waals surface area contributed by atoms with Crippen LogP contribution in [-0.4, -0.2) is 44.1 Å². The van der Waals surface area contributed by atoms with Crippen LogP contribution in [0.2, 0.25) is 0 Å². The molecule has 0 saturated carbocycles. The summed E-state index contributed by atoms with van der Waals surface area (Å²) in [4.78, 5) is 11.6. The van der Waals surface area contributed by atoms with Gasteiger partial charge in [-0.1, -0.05) is 18.2 Å². The van der Waals surface area contributed by atoms with E-state index in [9.17, 15) is 31.3 Å². The van der Waals surface area contributed by atoms with Crippen LogP contribution in [0.3, 0.4) is 0 Å². The van der Waals surface area contributed by atoms with Crippen molar-refractivity contribution in [3.63, 3.8) is 0 Å². The number of carbonyl (C=O) groups is 1. The Morgan fingerprint density at radius 2 is 1.43 bits per heavy atom. The first-order chi connectivity index (χ1) is 22.2. The van der Waals surface area contributed by atoms with Crippen molar-refractivity contribution in [3.8, 4) is 11.5 Å². The molecule has 0 aromatic heterocycles. The van der Waals surface area contributed by atoms with Gasteiger partial charge in [-0.25, -0.2) is 0 Å². The molecule has 0 aliphatic carbocycles. The molecular weight excluding hydrogens is 696 g/mol. The van der Waals surface area contributed by atoms with Gasteiger partial charge in [0.05, 0.1) is 23.4 Å². The van der Waals surface area contributed by atoms with Crippen molar-refractivity contribution in [2.24, 2.45) is 20.5 Å². The molecule has 18 heteroatoms. The third-order valence-corrected chi connectivity index (χ3v) is 8.52. The standard InChI is InChI=1S/C31H25N5O9S2.2Na.2H/c1-18-14-26(27(45-2)17-25(18)34-33-21-8-11-23(12-9-21)46(39,40)41)35-36-29-28(47(42,43)44)16-20-15-22(10-13-24(20)30(29)37)32-31(38)19-6-4-3-5-7-19;;;;/h3-17,37H,1-2H3,(H,32,38)(H,39,40,41)(H,42,43,44);;;;/q;2*+1;2*-1. The number of hydrogen-bond acceptors (Lipinski definition) is 11. The molecule has 0 fully saturated rings. The molecule has 0 radical (unpaired) electrons. The Bertz CT molecular complexity index is 2320. The summed E-state index contributed by atoms with van der Waals surface area (Å²) in [5.74, 6) is -0.830.